The van der Waals surface area contributed by atoms with Gasteiger partial charge in [0.1, 0.15) is 0 Å². The maximum Gasteiger partial charge on any atom is 0.191 e. The van der Waals surface area contributed by atoms with E-state index in [1.165, 1.54) is 6.26 Å². The van der Waals surface area contributed by atoms with E-state index in [0.29, 0.717) is 37.2 Å². The molecule has 0 spiro atoms. The maximum atomic E-state index is 11.7. The Kier molecular flexibility index (Phi) is 10.6. The number of sulfone groups is 1. The molecule has 2 rings (SSSR count). The highest BCUT2D eigenvalue weighted by Gasteiger charge is 2.11. The minimum absolute atomic E-state index is 0. The van der Waals surface area contributed by atoms with Crippen LogP contribution in [0.25, 0.3) is 0 Å². The molecular formula is C21H30IN3O3S. The number of nitrogens with zero attached hydrogens (tertiary/aromatic N) is 1. The Bertz CT molecular complexity index is 913. The quantitative estimate of drug-likeness (QED) is 0.310. The Hall–Kier alpha value is -1.65. The molecule has 8 heteroatoms. The normalized spacial score (nSPS) is 11.7. The van der Waals surface area contributed by atoms with E-state index >= 15 is 0 Å². The van der Waals surface area contributed by atoms with Crippen molar-refractivity contribution < 1.29 is 13.2 Å². The zero-order valence-electron chi connectivity index (χ0n) is 17.4. The molecule has 0 atom stereocenters. The topological polar surface area (TPSA) is 79.8 Å². The zero-order valence-corrected chi connectivity index (χ0v) is 20.5. The van der Waals surface area contributed by atoms with Gasteiger partial charge in [-0.3, -0.25) is 4.99 Å². The van der Waals surface area contributed by atoms with Gasteiger partial charge in [-0.2, -0.15) is 0 Å². The first kappa shape index (κ1) is 25.4. The summed E-state index contributed by atoms with van der Waals surface area (Å²) >= 11 is 0. The van der Waals surface area contributed by atoms with Gasteiger partial charge < -0.3 is 15.4 Å². The number of hydrogen-bond donors (Lipinski definition) is 2. The molecule has 160 valence electrons. The second-order valence-corrected chi connectivity index (χ2v) is 8.59. The third kappa shape index (κ3) is 8.31. The summed E-state index contributed by atoms with van der Waals surface area (Å²) < 4.78 is 28.8. The summed E-state index contributed by atoms with van der Waals surface area (Å²) in [6.45, 7) is 6.34. The summed E-state index contributed by atoms with van der Waals surface area (Å²) in [7, 11) is -1.48. The van der Waals surface area contributed by atoms with Gasteiger partial charge >= 0.3 is 0 Å². The lowest BCUT2D eigenvalue weighted by Crippen LogP contribution is -2.36. The van der Waals surface area contributed by atoms with Crippen LogP contribution in [0.2, 0.25) is 0 Å². The van der Waals surface area contributed by atoms with Crippen LogP contribution >= 0.6 is 24.0 Å². The van der Waals surface area contributed by atoms with E-state index < -0.39 is 9.84 Å². The first-order chi connectivity index (χ1) is 13.3. The van der Waals surface area contributed by atoms with E-state index in [1.54, 1.807) is 13.1 Å². The molecule has 0 bridgehead atoms. The number of nitrogens with one attached hydrogen (secondary N) is 2. The first-order valence-corrected chi connectivity index (χ1v) is 11.1. The molecule has 0 aliphatic carbocycles. The Labute approximate surface area is 191 Å². The molecule has 29 heavy (non-hydrogen) atoms. The molecule has 0 fully saturated rings. The van der Waals surface area contributed by atoms with Gasteiger partial charge in [0.15, 0.2) is 15.8 Å². The number of halogens is 1. The van der Waals surface area contributed by atoms with E-state index in [9.17, 15) is 8.42 Å². The van der Waals surface area contributed by atoms with Crippen LogP contribution in [0, 0.1) is 6.92 Å². The Morgan fingerprint density at radius 3 is 2.07 bits per heavy atom. The SMILES string of the molecule is CCOCc1ccc(CNC(=NC)NCc2ccc(S(C)(=O)=O)c(C)c2)cc1.I. The van der Waals surface area contributed by atoms with E-state index in [1.807, 2.05) is 26.0 Å². The summed E-state index contributed by atoms with van der Waals surface area (Å²) in [5, 5.41) is 6.53. The van der Waals surface area contributed by atoms with Gasteiger partial charge in [-0.05, 0) is 42.2 Å². The van der Waals surface area contributed by atoms with Crippen molar-refractivity contribution in [2.75, 3.05) is 19.9 Å². The van der Waals surface area contributed by atoms with Crippen molar-refractivity contribution >= 4 is 39.8 Å². The fraction of sp³-hybridized carbons (Fsp3) is 0.381. The fourth-order valence-electron chi connectivity index (χ4n) is 2.80. The molecule has 0 aliphatic rings. The van der Waals surface area contributed by atoms with Crippen LogP contribution in [-0.4, -0.2) is 34.3 Å². The number of ether oxygens (including phenoxy) is 1. The summed E-state index contributed by atoms with van der Waals surface area (Å²) in [4.78, 5) is 4.60. The molecule has 0 saturated heterocycles. The first-order valence-electron chi connectivity index (χ1n) is 9.23. The van der Waals surface area contributed by atoms with Gasteiger partial charge in [-0.15, -0.1) is 24.0 Å². The smallest absolute Gasteiger partial charge is 0.191 e. The third-order valence-electron chi connectivity index (χ3n) is 4.28. The highest BCUT2D eigenvalue weighted by molar-refractivity contribution is 14.0. The van der Waals surface area contributed by atoms with E-state index in [0.717, 1.165) is 22.3 Å². The minimum Gasteiger partial charge on any atom is -0.377 e. The van der Waals surface area contributed by atoms with E-state index in [4.69, 9.17) is 4.74 Å². The summed E-state index contributed by atoms with van der Waals surface area (Å²) in [6, 6.07) is 13.6. The predicted octanol–water partition coefficient (Wildman–Crippen LogP) is 3.42. The van der Waals surface area contributed by atoms with Crippen molar-refractivity contribution in [1.29, 1.82) is 0 Å². The number of aliphatic imine (C=N–C) groups is 1. The Morgan fingerprint density at radius 1 is 1.00 bits per heavy atom. The standard InChI is InChI=1S/C21H29N3O3S.HI/c1-5-27-15-18-8-6-17(7-9-18)13-23-21(22-3)24-14-19-10-11-20(16(2)12-19)28(4,25)26;/h6-12H,5,13-15H2,1-4H3,(H2,22,23,24);1H. The Balaban J connectivity index is 0.00000420. The van der Waals surface area contributed by atoms with Gasteiger partial charge in [-0.1, -0.05) is 36.4 Å². The van der Waals surface area contributed by atoms with Crippen molar-refractivity contribution in [1.82, 2.24) is 10.6 Å². The average Bonchev–Trinajstić information content (AvgIpc) is 2.66. The van der Waals surface area contributed by atoms with Crippen LogP contribution in [0.4, 0.5) is 0 Å². The van der Waals surface area contributed by atoms with Crippen LogP contribution < -0.4 is 10.6 Å². The van der Waals surface area contributed by atoms with Crippen molar-refractivity contribution in [2.24, 2.45) is 4.99 Å². The molecular weight excluding hydrogens is 501 g/mol. The second-order valence-electron chi connectivity index (χ2n) is 6.60. The van der Waals surface area contributed by atoms with E-state index in [2.05, 4.69) is 39.9 Å². The van der Waals surface area contributed by atoms with Gasteiger partial charge in [0.05, 0.1) is 11.5 Å². The second kappa shape index (κ2) is 12.1. The van der Waals surface area contributed by atoms with Crippen LogP contribution in [0.3, 0.4) is 0 Å². The van der Waals surface area contributed by atoms with Crippen LogP contribution in [-0.2, 0) is 34.3 Å². The van der Waals surface area contributed by atoms with Crippen LogP contribution in [0.5, 0.6) is 0 Å². The summed E-state index contributed by atoms with van der Waals surface area (Å²) in [5.41, 5.74) is 4.04. The summed E-state index contributed by atoms with van der Waals surface area (Å²) in [6.07, 6.45) is 1.22. The lowest BCUT2D eigenvalue weighted by atomic mass is 10.1. The van der Waals surface area contributed by atoms with E-state index in [-0.39, 0.29) is 24.0 Å². The molecule has 0 unspecified atom stereocenters. The van der Waals surface area contributed by atoms with Gasteiger partial charge in [0, 0.05) is 33.0 Å². The Morgan fingerprint density at radius 2 is 1.55 bits per heavy atom. The van der Waals surface area contributed by atoms with Crippen molar-refractivity contribution in [3.63, 3.8) is 0 Å². The van der Waals surface area contributed by atoms with Crippen molar-refractivity contribution in [3.05, 3.63) is 64.7 Å². The molecule has 0 radical (unpaired) electrons. The van der Waals surface area contributed by atoms with Crippen molar-refractivity contribution in [3.8, 4) is 0 Å². The number of hydrogen-bond acceptors (Lipinski definition) is 4. The highest BCUT2D eigenvalue weighted by atomic mass is 127. The molecule has 2 N–H and O–H groups in total. The largest absolute Gasteiger partial charge is 0.377 e. The van der Waals surface area contributed by atoms with Gasteiger partial charge in [-0.25, -0.2) is 8.42 Å². The molecule has 2 aromatic rings. The molecule has 0 aromatic heterocycles. The fourth-order valence-corrected chi connectivity index (χ4v) is 3.76. The van der Waals surface area contributed by atoms with Crippen LogP contribution in [0.1, 0.15) is 29.2 Å². The van der Waals surface area contributed by atoms with Crippen molar-refractivity contribution in [2.45, 2.75) is 38.4 Å². The molecule has 6 nitrogen and oxygen atoms in total. The van der Waals surface area contributed by atoms with Gasteiger partial charge in [0.25, 0.3) is 0 Å². The molecule has 0 amide bonds. The minimum atomic E-state index is -3.20. The lowest BCUT2D eigenvalue weighted by Gasteiger charge is -2.13. The lowest BCUT2D eigenvalue weighted by molar-refractivity contribution is 0.134. The average molecular weight is 531 g/mol. The number of aryl methyl sites for hydroxylation is 1. The molecule has 0 heterocycles. The van der Waals surface area contributed by atoms with Crippen LogP contribution in [0.15, 0.2) is 52.4 Å². The predicted molar refractivity (Wildman–Crippen MR) is 129 cm³/mol. The monoisotopic (exact) mass is 531 g/mol. The maximum absolute atomic E-state index is 11.7. The number of guanidine groups is 1. The zero-order chi connectivity index (χ0) is 20.6. The molecule has 0 aliphatic heterocycles. The molecule has 2 aromatic carbocycles. The number of benzene rings is 2. The number of rotatable bonds is 8. The highest BCUT2D eigenvalue weighted by Crippen LogP contribution is 2.16. The molecule has 0 saturated carbocycles. The van der Waals surface area contributed by atoms with Gasteiger partial charge in [0.2, 0.25) is 0 Å². The summed E-state index contributed by atoms with van der Waals surface area (Å²) in [5.74, 6) is 0.684. The third-order valence-corrected chi connectivity index (χ3v) is 5.54.